The molecule has 26 heavy (non-hydrogen) atoms. The largest absolute Gasteiger partial charge is 0.311 e. The van der Waals surface area contributed by atoms with E-state index in [2.05, 4.69) is 13.8 Å². The molecule has 1 aliphatic rings. The standard InChI is InChI=1S/C20H28BNO3S/c1-7-26-15-12-16(23)22(17(15)24)14-10-8-13(9-11-14)19(2,3)20(4,5)18(25)21-6/h8-11,15,21H,7,12H2,1-6H3. The molecule has 0 N–H and O–H groups in total. The van der Waals surface area contributed by atoms with E-state index in [0.717, 1.165) is 11.3 Å². The molecule has 0 aliphatic carbocycles. The lowest BCUT2D eigenvalue weighted by atomic mass is 9.53. The highest BCUT2D eigenvalue weighted by atomic mass is 32.2. The lowest BCUT2D eigenvalue weighted by Gasteiger charge is -2.41. The first-order chi connectivity index (χ1) is 12.1. The summed E-state index contributed by atoms with van der Waals surface area (Å²) in [4.78, 5) is 38.5. The molecule has 0 spiro atoms. The molecule has 1 unspecified atom stereocenters. The van der Waals surface area contributed by atoms with Gasteiger partial charge in [0.2, 0.25) is 19.1 Å². The minimum atomic E-state index is -0.509. The van der Waals surface area contributed by atoms with Gasteiger partial charge >= 0.3 is 0 Å². The van der Waals surface area contributed by atoms with E-state index in [9.17, 15) is 14.4 Å². The maximum atomic E-state index is 12.5. The molecule has 4 nitrogen and oxygen atoms in total. The monoisotopic (exact) mass is 373 g/mol. The van der Waals surface area contributed by atoms with Gasteiger partial charge in [0, 0.05) is 17.3 Å². The maximum Gasteiger partial charge on any atom is 0.247 e. The molecule has 1 aromatic rings. The van der Waals surface area contributed by atoms with Crippen LogP contribution in [0.15, 0.2) is 24.3 Å². The van der Waals surface area contributed by atoms with Crippen LogP contribution in [0, 0.1) is 5.41 Å². The number of carbonyl (C=O) groups excluding carboxylic acids is 3. The molecule has 0 saturated carbocycles. The summed E-state index contributed by atoms with van der Waals surface area (Å²) in [7, 11) is 0.502. The second kappa shape index (κ2) is 7.59. The van der Waals surface area contributed by atoms with Crippen molar-refractivity contribution in [2.24, 2.45) is 5.41 Å². The summed E-state index contributed by atoms with van der Waals surface area (Å²) in [5.74, 6) is 0.537. The number of carbonyl (C=O) groups is 3. The van der Waals surface area contributed by atoms with Gasteiger partial charge in [-0.1, -0.05) is 53.6 Å². The number of hydrogen-bond acceptors (Lipinski definition) is 4. The predicted octanol–water partition coefficient (Wildman–Crippen LogP) is 3.39. The molecule has 2 rings (SSSR count). The Morgan fingerprint density at radius 1 is 1.19 bits per heavy atom. The van der Waals surface area contributed by atoms with Gasteiger partial charge in [-0.25, -0.2) is 4.90 Å². The highest BCUT2D eigenvalue weighted by Gasteiger charge is 2.43. The van der Waals surface area contributed by atoms with E-state index in [0.29, 0.717) is 13.0 Å². The Morgan fingerprint density at radius 2 is 1.77 bits per heavy atom. The number of nitrogens with zero attached hydrogens (tertiary/aromatic N) is 1. The number of hydrogen-bond donors (Lipinski definition) is 0. The van der Waals surface area contributed by atoms with Gasteiger partial charge < -0.3 is 4.79 Å². The lowest BCUT2D eigenvalue weighted by Crippen LogP contribution is -2.44. The van der Waals surface area contributed by atoms with Crippen molar-refractivity contribution in [3.63, 3.8) is 0 Å². The second-order valence-corrected chi connectivity index (χ2v) is 9.27. The third-order valence-corrected chi connectivity index (χ3v) is 7.00. The smallest absolute Gasteiger partial charge is 0.247 e. The Morgan fingerprint density at radius 3 is 2.27 bits per heavy atom. The summed E-state index contributed by atoms with van der Waals surface area (Å²) in [6.45, 7) is 12.0. The normalized spacial score (nSPS) is 18.4. The SMILES string of the molecule is CBC(=O)C(C)(C)C(C)(C)c1ccc(N2C(=O)CC(SCC)C2=O)cc1. The van der Waals surface area contributed by atoms with E-state index < -0.39 is 5.41 Å². The molecule has 1 heterocycles. The third-order valence-electron chi connectivity index (χ3n) is 5.90. The Kier molecular flexibility index (Phi) is 6.06. The average molecular weight is 373 g/mol. The van der Waals surface area contributed by atoms with E-state index in [1.165, 1.54) is 16.7 Å². The van der Waals surface area contributed by atoms with Crippen LogP contribution in [0.4, 0.5) is 5.69 Å². The summed E-state index contributed by atoms with van der Waals surface area (Å²) in [6, 6.07) is 7.50. The van der Waals surface area contributed by atoms with Crippen LogP contribution in [0.1, 0.15) is 46.6 Å². The molecule has 1 saturated heterocycles. The van der Waals surface area contributed by atoms with Crippen LogP contribution in [-0.4, -0.2) is 35.8 Å². The summed E-state index contributed by atoms with van der Waals surface area (Å²) in [6.07, 6.45) is 0.266. The first kappa shape index (κ1) is 20.8. The van der Waals surface area contributed by atoms with Crippen molar-refractivity contribution in [2.45, 2.75) is 58.5 Å². The van der Waals surface area contributed by atoms with Crippen LogP contribution < -0.4 is 4.90 Å². The lowest BCUT2D eigenvalue weighted by molar-refractivity contribution is -0.122. The number of amides is 2. The molecule has 2 amide bonds. The first-order valence-electron chi connectivity index (χ1n) is 9.20. The van der Waals surface area contributed by atoms with Gasteiger partial charge in [-0.2, -0.15) is 0 Å². The predicted molar refractivity (Wildman–Crippen MR) is 110 cm³/mol. The molecule has 1 aliphatic heterocycles. The summed E-state index contributed by atoms with van der Waals surface area (Å²) in [5.41, 5.74) is 0.977. The van der Waals surface area contributed by atoms with E-state index in [4.69, 9.17) is 0 Å². The number of thioether (sulfide) groups is 1. The zero-order valence-corrected chi connectivity index (χ0v) is 17.4. The summed E-state index contributed by atoms with van der Waals surface area (Å²) < 4.78 is 0. The Bertz CT molecular complexity index is 712. The number of imide groups is 1. The second-order valence-electron chi connectivity index (χ2n) is 7.79. The third kappa shape index (κ3) is 3.48. The minimum absolute atomic E-state index is 0.129. The topological polar surface area (TPSA) is 54.5 Å². The van der Waals surface area contributed by atoms with E-state index >= 15 is 0 Å². The van der Waals surface area contributed by atoms with Gasteiger partial charge in [0.05, 0.1) is 16.6 Å². The van der Waals surface area contributed by atoms with Crippen molar-refractivity contribution >= 4 is 42.2 Å². The summed E-state index contributed by atoms with van der Waals surface area (Å²) in [5, 5.41) is -0.273. The first-order valence-corrected chi connectivity index (χ1v) is 10.2. The molecular weight excluding hydrogens is 345 g/mol. The molecule has 0 aromatic heterocycles. The number of anilines is 1. The summed E-state index contributed by atoms with van der Waals surface area (Å²) >= 11 is 1.52. The van der Waals surface area contributed by atoms with E-state index in [1.807, 2.05) is 51.9 Å². The fraction of sp³-hybridized carbons (Fsp3) is 0.550. The molecule has 140 valence electrons. The molecule has 6 heteroatoms. The van der Waals surface area contributed by atoms with Crippen LogP contribution in [0.5, 0.6) is 0 Å². The fourth-order valence-electron chi connectivity index (χ4n) is 3.39. The maximum absolute atomic E-state index is 12.5. The van der Waals surface area contributed by atoms with Crippen molar-refractivity contribution in [3.8, 4) is 0 Å². The van der Waals surface area contributed by atoms with Crippen molar-refractivity contribution in [1.29, 1.82) is 0 Å². The van der Waals surface area contributed by atoms with Gasteiger partial charge in [-0.15, -0.1) is 11.8 Å². The highest BCUT2D eigenvalue weighted by Crippen LogP contribution is 2.42. The zero-order valence-electron chi connectivity index (χ0n) is 16.6. The van der Waals surface area contributed by atoms with Crippen LogP contribution in [0.3, 0.4) is 0 Å². The Hall–Kier alpha value is -1.56. The van der Waals surface area contributed by atoms with Crippen molar-refractivity contribution in [3.05, 3.63) is 29.8 Å². The van der Waals surface area contributed by atoms with Gasteiger partial charge in [0.25, 0.3) is 0 Å². The van der Waals surface area contributed by atoms with Crippen LogP contribution in [0.2, 0.25) is 6.82 Å². The van der Waals surface area contributed by atoms with Gasteiger partial charge in [-0.05, 0) is 23.4 Å². The number of benzene rings is 1. The van der Waals surface area contributed by atoms with Gasteiger partial charge in [0.1, 0.15) is 0 Å². The van der Waals surface area contributed by atoms with E-state index in [-0.39, 0.29) is 34.6 Å². The van der Waals surface area contributed by atoms with Crippen molar-refractivity contribution < 1.29 is 14.4 Å². The van der Waals surface area contributed by atoms with Crippen molar-refractivity contribution in [2.75, 3.05) is 10.7 Å². The fourth-order valence-corrected chi connectivity index (χ4v) is 4.30. The van der Waals surface area contributed by atoms with Crippen LogP contribution in [-0.2, 0) is 19.8 Å². The Labute approximate surface area is 161 Å². The average Bonchev–Trinajstić information content (AvgIpc) is 2.88. The molecule has 1 atom stereocenters. The molecule has 1 aromatic carbocycles. The quantitative estimate of drug-likeness (QED) is 0.543. The zero-order chi connectivity index (χ0) is 19.7. The van der Waals surface area contributed by atoms with Crippen LogP contribution in [0.25, 0.3) is 0 Å². The Balaban J connectivity index is 2.30. The molecular formula is C20H28BNO3S. The molecule has 0 radical (unpaired) electrons. The van der Waals surface area contributed by atoms with Crippen molar-refractivity contribution in [1.82, 2.24) is 0 Å². The number of rotatable bonds is 7. The van der Waals surface area contributed by atoms with Gasteiger partial charge in [-0.3, -0.25) is 9.59 Å². The van der Waals surface area contributed by atoms with Crippen LogP contribution >= 0.6 is 11.8 Å². The molecule has 0 bridgehead atoms. The van der Waals surface area contributed by atoms with Gasteiger partial charge in [0.15, 0.2) is 0 Å². The minimum Gasteiger partial charge on any atom is -0.311 e. The highest BCUT2D eigenvalue weighted by molar-refractivity contribution is 8.00. The molecule has 1 fully saturated rings. The van der Waals surface area contributed by atoms with E-state index in [1.54, 1.807) is 0 Å².